The summed E-state index contributed by atoms with van der Waals surface area (Å²) in [5.74, 6) is 1.83. The predicted molar refractivity (Wildman–Crippen MR) is 121 cm³/mol. The minimum absolute atomic E-state index is 0.189. The van der Waals surface area contributed by atoms with E-state index in [4.69, 9.17) is 25.5 Å². The lowest BCUT2D eigenvalue weighted by Gasteiger charge is -2.06. The molecule has 0 saturated carbocycles. The van der Waals surface area contributed by atoms with Crippen molar-refractivity contribution in [2.24, 2.45) is 0 Å². The maximum atomic E-state index is 12.5. The highest BCUT2D eigenvalue weighted by molar-refractivity contribution is 6.31. The first-order chi connectivity index (χ1) is 15.6. The van der Waals surface area contributed by atoms with Crippen molar-refractivity contribution >= 4 is 23.2 Å². The summed E-state index contributed by atoms with van der Waals surface area (Å²) >= 11 is 6.19. The Labute approximate surface area is 190 Å². The molecule has 2 heterocycles. The van der Waals surface area contributed by atoms with E-state index in [1.54, 1.807) is 29.2 Å². The molecule has 0 aliphatic heterocycles. The number of nitrogens with one attached hydrogen (secondary N) is 1. The minimum atomic E-state index is -0.366. The number of carbonyl (C=O) groups excluding carboxylic acids is 1. The maximum absolute atomic E-state index is 12.5. The molecule has 4 rings (SSSR count). The van der Waals surface area contributed by atoms with Crippen LogP contribution in [0.15, 0.2) is 77.5 Å². The number of hydrogen-bond donors (Lipinski definition) is 1. The van der Waals surface area contributed by atoms with Crippen LogP contribution in [0.1, 0.15) is 28.8 Å². The van der Waals surface area contributed by atoms with Gasteiger partial charge in [-0.05, 0) is 55.0 Å². The van der Waals surface area contributed by atoms with Crippen LogP contribution in [0, 0.1) is 0 Å². The molecule has 4 aromatic rings. The Morgan fingerprint density at radius 2 is 1.81 bits per heavy atom. The number of furan rings is 1. The molecule has 0 spiro atoms. The number of amides is 1. The van der Waals surface area contributed by atoms with Crippen LogP contribution in [-0.2, 0) is 13.2 Å². The van der Waals surface area contributed by atoms with E-state index < -0.39 is 0 Å². The molecule has 1 amide bonds. The SMILES string of the molecule is CCOc1ccc(OCc2ccc(C(=O)Nc3cnn(Cc4ccccc4Cl)c3)o2)cc1. The average molecular weight is 452 g/mol. The van der Waals surface area contributed by atoms with Crippen LogP contribution >= 0.6 is 11.6 Å². The Hall–Kier alpha value is -3.71. The molecule has 0 radical (unpaired) electrons. The van der Waals surface area contributed by atoms with E-state index in [0.29, 0.717) is 35.4 Å². The van der Waals surface area contributed by atoms with Gasteiger partial charge in [0.2, 0.25) is 0 Å². The van der Waals surface area contributed by atoms with Crippen molar-refractivity contribution in [1.29, 1.82) is 0 Å². The van der Waals surface area contributed by atoms with E-state index in [0.717, 1.165) is 11.3 Å². The van der Waals surface area contributed by atoms with Crippen LogP contribution in [0.3, 0.4) is 0 Å². The minimum Gasteiger partial charge on any atom is -0.494 e. The lowest BCUT2D eigenvalue weighted by molar-refractivity contribution is 0.0992. The topological polar surface area (TPSA) is 78.5 Å². The molecule has 0 unspecified atom stereocenters. The van der Waals surface area contributed by atoms with Gasteiger partial charge in [-0.1, -0.05) is 29.8 Å². The molecule has 7 nitrogen and oxygen atoms in total. The fourth-order valence-electron chi connectivity index (χ4n) is 3.04. The first-order valence-electron chi connectivity index (χ1n) is 10.1. The van der Waals surface area contributed by atoms with Crippen LogP contribution in [0.5, 0.6) is 11.5 Å². The Morgan fingerprint density at radius 3 is 2.56 bits per heavy atom. The van der Waals surface area contributed by atoms with E-state index in [-0.39, 0.29) is 18.3 Å². The number of benzene rings is 2. The number of halogens is 1. The van der Waals surface area contributed by atoms with Crippen molar-refractivity contribution in [3.63, 3.8) is 0 Å². The molecule has 164 valence electrons. The van der Waals surface area contributed by atoms with E-state index in [1.165, 1.54) is 0 Å². The molecule has 0 saturated heterocycles. The smallest absolute Gasteiger partial charge is 0.291 e. The van der Waals surface area contributed by atoms with Crippen molar-refractivity contribution in [2.75, 3.05) is 11.9 Å². The molecular formula is C24H22ClN3O4. The highest BCUT2D eigenvalue weighted by Crippen LogP contribution is 2.20. The first-order valence-corrected chi connectivity index (χ1v) is 10.5. The van der Waals surface area contributed by atoms with Gasteiger partial charge in [0.25, 0.3) is 5.91 Å². The van der Waals surface area contributed by atoms with Crippen molar-refractivity contribution in [3.05, 3.63) is 95.2 Å². The molecule has 0 bridgehead atoms. The number of aromatic nitrogens is 2. The van der Waals surface area contributed by atoms with E-state index in [9.17, 15) is 4.79 Å². The lowest BCUT2D eigenvalue weighted by atomic mass is 10.2. The van der Waals surface area contributed by atoms with Gasteiger partial charge in [-0.2, -0.15) is 5.10 Å². The molecule has 1 N–H and O–H groups in total. The summed E-state index contributed by atoms with van der Waals surface area (Å²) in [4.78, 5) is 12.5. The molecule has 32 heavy (non-hydrogen) atoms. The summed E-state index contributed by atoms with van der Waals surface area (Å²) in [7, 11) is 0. The van der Waals surface area contributed by atoms with Gasteiger partial charge in [0.15, 0.2) is 5.76 Å². The standard InChI is InChI=1S/C24H22ClN3O4/c1-2-30-19-7-9-20(10-8-19)31-16-21-11-12-23(32-21)24(29)27-18-13-26-28(15-18)14-17-5-3-4-6-22(17)25/h3-13,15H,2,14,16H2,1H3,(H,27,29). The fraction of sp³-hybridized carbons (Fsp3) is 0.167. The van der Waals surface area contributed by atoms with Crippen molar-refractivity contribution < 1.29 is 18.7 Å². The van der Waals surface area contributed by atoms with Crippen molar-refractivity contribution in [1.82, 2.24) is 9.78 Å². The van der Waals surface area contributed by atoms with Gasteiger partial charge >= 0.3 is 0 Å². The third-order valence-corrected chi connectivity index (χ3v) is 4.95. The van der Waals surface area contributed by atoms with Crippen molar-refractivity contribution in [3.8, 4) is 11.5 Å². The quantitative estimate of drug-likeness (QED) is 0.368. The predicted octanol–water partition coefficient (Wildman–Crippen LogP) is 5.41. The monoisotopic (exact) mass is 451 g/mol. The molecular weight excluding hydrogens is 430 g/mol. The second-order valence-electron chi connectivity index (χ2n) is 6.93. The molecule has 2 aromatic heterocycles. The fourth-order valence-corrected chi connectivity index (χ4v) is 3.23. The molecule has 0 fully saturated rings. The van der Waals surface area contributed by atoms with Gasteiger partial charge in [0.1, 0.15) is 23.9 Å². The maximum Gasteiger partial charge on any atom is 0.291 e. The van der Waals surface area contributed by atoms with Crippen LogP contribution < -0.4 is 14.8 Å². The van der Waals surface area contributed by atoms with Gasteiger partial charge in [-0.15, -0.1) is 0 Å². The third-order valence-electron chi connectivity index (χ3n) is 4.58. The summed E-state index contributed by atoms with van der Waals surface area (Å²) in [6, 6.07) is 18.2. The third kappa shape index (κ3) is 5.50. The Balaban J connectivity index is 1.31. The molecule has 2 aromatic carbocycles. The number of carbonyl (C=O) groups is 1. The van der Waals surface area contributed by atoms with Crippen LogP contribution in [0.25, 0.3) is 0 Å². The summed E-state index contributed by atoms with van der Waals surface area (Å²) in [6.45, 7) is 3.25. The largest absolute Gasteiger partial charge is 0.494 e. The van der Waals surface area contributed by atoms with Crippen LogP contribution in [-0.4, -0.2) is 22.3 Å². The Morgan fingerprint density at radius 1 is 1.06 bits per heavy atom. The highest BCUT2D eigenvalue weighted by atomic mass is 35.5. The molecule has 0 atom stereocenters. The lowest BCUT2D eigenvalue weighted by Crippen LogP contribution is -2.10. The zero-order valence-electron chi connectivity index (χ0n) is 17.5. The van der Waals surface area contributed by atoms with Crippen LogP contribution in [0.4, 0.5) is 5.69 Å². The summed E-state index contributed by atoms with van der Waals surface area (Å²) in [5, 5.41) is 7.72. The van der Waals surface area contributed by atoms with Crippen LogP contribution in [0.2, 0.25) is 5.02 Å². The normalized spacial score (nSPS) is 10.7. The molecule has 0 aliphatic carbocycles. The average Bonchev–Trinajstić information content (AvgIpc) is 3.45. The van der Waals surface area contributed by atoms with E-state index >= 15 is 0 Å². The number of hydrogen-bond acceptors (Lipinski definition) is 5. The van der Waals surface area contributed by atoms with Gasteiger partial charge < -0.3 is 19.2 Å². The summed E-state index contributed by atoms with van der Waals surface area (Å²) < 4.78 is 18.4. The molecule has 0 aliphatic rings. The number of ether oxygens (including phenoxy) is 2. The Bertz CT molecular complexity index is 1180. The molecule has 8 heteroatoms. The second kappa shape index (κ2) is 10.1. The number of anilines is 1. The van der Waals surface area contributed by atoms with E-state index in [2.05, 4.69) is 10.4 Å². The zero-order valence-corrected chi connectivity index (χ0v) is 18.2. The van der Waals surface area contributed by atoms with Gasteiger partial charge in [-0.25, -0.2) is 0 Å². The van der Waals surface area contributed by atoms with Gasteiger partial charge in [0, 0.05) is 11.2 Å². The highest BCUT2D eigenvalue weighted by Gasteiger charge is 2.13. The second-order valence-corrected chi connectivity index (χ2v) is 7.34. The van der Waals surface area contributed by atoms with Gasteiger partial charge in [-0.3, -0.25) is 9.48 Å². The first kappa shape index (κ1) is 21.5. The van der Waals surface area contributed by atoms with Crippen molar-refractivity contribution in [2.45, 2.75) is 20.1 Å². The van der Waals surface area contributed by atoms with E-state index in [1.807, 2.05) is 55.5 Å². The summed E-state index contributed by atoms with van der Waals surface area (Å²) in [6.07, 6.45) is 3.31. The number of nitrogens with zero attached hydrogens (tertiary/aromatic N) is 2. The van der Waals surface area contributed by atoms with Gasteiger partial charge in [0.05, 0.1) is 25.0 Å². The number of rotatable bonds is 9. The summed E-state index contributed by atoms with van der Waals surface area (Å²) in [5.41, 5.74) is 1.50. The zero-order chi connectivity index (χ0) is 22.3. The Kier molecular flexibility index (Phi) is 6.77.